The van der Waals surface area contributed by atoms with Gasteiger partial charge in [-0.3, -0.25) is 9.88 Å². The normalized spacial score (nSPS) is 19.5. The van der Waals surface area contributed by atoms with Crippen LogP contribution in [0.5, 0.6) is 5.75 Å². The second kappa shape index (κ2) is 8.25. The SMILES string of the molecule is COc1c(C)cnc(Cn2nc3c4c(nc(N)nc42)SCC(N2CCOCC2)C3)c1C. The summed E-state index contributed by atoms with van der Waals surface area (Å²) in [6, 6.07) is 0.384. The third-order valence-corrected chi connectivity index (χ3v) is 7.22. The second-order valence-electron chi connectivity index (χ2n) is 8.05. The maximum absolute atomic E-state index is 6.08. The van der Waals surface area contributed by atoms with Crippen LogP contribution in [0.3, 0.4) is 0 Å². The molecule has 0 radical (unpaired) electrons. The quantitative estimate of drug-likeness (QED) is 0.607. The largest absolute Gasteiger partial charge is 0.496 e. The molecular weight excluding hydrogens is 414 g/mol. The fourth-order valence-electron chi connectivity index (χ4n) is 4.49. The number of hydrogen-bond acceptors (Lipinski definition) is 9. The van der Waals surface area contributed by atoms with E-state index in [1.54, 1.807) is 18.9 Å². The Labute approximate surface area is 185 Å². The first kappa shape index (κ1) is 20.5. The van der Waals surface area contributed by atoms with E-state index in [2.05, 4.69) is 19.9 Å². The number of nitrogen functional groups attached to an aromatic ring is 1. The molecule has 1 atom stereocenters. The minimum Gasteiger partial charge on any atom is -0.496 e. The van der Waals surface area contributed by atoms with E-state index in [0.29, 0.717) is 12.6 Å². The van der Waals surface area contributed by atoms with Gasteiger partial charge in [0.1, 0.15) is 10.8 Å². The van der Waals surface area contributed by atoms with Crippen molar-refractivity contribution in [1.29, 1.82) is 0 Å². The highest BCUT2D eigenvalue weighted by Crippen LogP contribution is 2.35. The molecule has 31 heavy (non-hydrogen) atoms. The lowest BCUT2D eigenvalue weighted by Gasteiger charge is -2.33. The maximum Gasteiger partial charge on any atom is 0.223 e. The average Bonchev–Trinajstić information content (AvgIpc) is 2.99. The summed E-state index contributed by atoms with van der Waals surface area (Å²) in [6.45, 7) is 8.00. The van der Waals surface area contributed by atoms with Crippen LogP contribution in [0.15, 0.2) is 11.2 Å². The van der Waals surface area contributed by atoms with Crippen LogP contribution >= 0.6 is 11.8 Å². The Morgan fingerprint density at radius 1 is 1.26 bits per heavy atom. The summed E-state index contributed by atoms with van der Waals surface area (Å²) in [6.07, 6.45) is 2.70. The maximum atomic E-state index is 6.08. The molecule has 0 saturated carbocycles. The van der Waals surface area contributed by atoms with Crippen molar-refractivity contribution in [2.45, 2.75) is 37.9 Å². The first-order chi connectivity index (χ1) is 15.0. The van der Waals surface area contributed by atoms with E-state index in [1.165, 1.54) is 0 Å². The van der Waals surface area contributed by atoms with Gasteiger partial charge in [0.05, 0.1) is 43.6 Å². The lowest BCUT2D eigenvalue weighted by molar-refractivity contribution is 0.0212. The smallest absolute Gasteiger partial charge is 0.223 e. The molecule has 0 aromatic carbocycles. The first-order valence-electron chi connectivity index (χ1n) is 10.5. The van der Waals surface area contributed by atoms with Gasteiger partial charge in [0.2, 0.25) is 5.95 Å². The van der Waals surface area contributed by atoms with E-state index in [4.69, 9.17) is 20.3 Å². The van der Waals surface area contributed by atoms with E-state index in [0.717, 1.165) is 82.8 Å². The van der Waals surface area contributed by atoms with Crippen LogP contribution < -0.4 is 10.5 Å². The van der Waals surface area contributed by atoms with Gasteiger partial charge < -0.3 is 15.2 Å². The molecule has 9 nitrogen and oxygen atoms in total. The van der Waals surface area contributed by atoms with Crippen LogP contribution in [-0.4, -0.2) is 74.8 Å². The predicted molar refractivity (Wildman–Crippen MR) is 120 cm³/mol. The minimum absolute atomic E-state index is 0.277. The van der Waals surface area contributed by atoms with Crippen molar-refractivity contribution in [3.63, 3.8) is 0 Å². The standard InChI is InChI=1S/C21H27N7O2S/c1-12-9-23-16(13(2)18(12)29-3)10-28-19-17-15(26-28)8-14(27-4-6-30-7-5-27)11-31-20(17)25-21(22)24-19/h9,14H,4-8,10-11H2,1-3H3,(H2,22,24,25). The molecular formula is C21H27N7O2S. The van der Waals surface area contributed by atoms with Crippen LogP contribution in [-0.2, 0) is 17.7 Å². The zero-order valence-corrected chi connectivity index (χ0v) is 18.9. The molecule has 10 heteroatoms. The summed E-state index contributed by atoms with van der Waals surface area (Å²) < 4.78 is 13.0. The highest BCUT2D eigenvalue weighted by atomic mass is 32.2. The molecule has 1 unspecified atom stereocenters. The van der Waals surface area contributed by atoms with Crippen molar-refractivity contribution in [2.24, 2.45) is 0 Å². The van der Waals surface area contributed by atoms with Crippen molar-refractivity contribution in [3.8, 4) is 5.75 Å². The molecule has 0 bridgehead atoms. The molecule has 1 fully saturated rings. The number of anilines is 1. The zero-order valence-electron chi connectivity index (χ0n) is 18.1. The number of aromatic nitrogens is 5. The number of rotatable bonds is 4. The Balaban J connectivity index is 1.55. The fourth-order valence-corrected chi connectivity index (χ4v) is 5.68. The van der Waals surface area contributed by atoms with Gasteiger partial charge in [-0.05, 0) is 13.8 Å². The van der Waals surface area contributed by atoms with Gasteiger partial charge in [-0.15, -0.1) is 11.8 Å². The van der Waals surface area contributed by atoms with Gasteiger partial charge in [0.25, 0.3) is 0 Å². The molecule has 1 saturated heterocycles. The highest BCUT2D eigenvalue weighted by molar-refractivity contribution is 7.99. The van der Waals surface area contributed by atoms with Crippen LogP contribution in [0.4, 0.5) is 5.95 Å². The molecule has 2 N–H and O–H groups in total. The van der Waals surface area contributed by atoms with E-state index < -0.39 is 0 Å². The summed E-state index contributed by atoms with van der Waals surface area (Å²) in [5, 5.41) is 6.93. The lowest BCUT2D eigenvalue weighted by Crippen LogP contribution is -2.45. The molecule has 0 spiro atoms. The van der Waals surface area contributed by atoms with Gasteiger partial charge >= 0.3 is 0 Å². The van der Waals surface area contributed by atoms with Gasteiger partial charge in [0.15, 0.2) is 5.65 Å². The van der Waals surface area contributed by atoms with E-state index in [-0.39, 0.29) is 5.95 Å². The molecule has 164 valence electrons. The number of aryl methyl sites for hydroxylation is 1. The first-order valence-corrected chi connectivity index (χ1v) is 11.5. The Bertz CT molecular complexity index is 1130. The summed E-state index contributed by atoms with van der Waals surface area (Å²) in [4.78, 5) is 16.3. The molecule has 3 aromatic heterocycles. The highest BCUT2D eigenvalue weighted by Gasteiger charge is 2.29. The van der Waals surface area contributed by atoms with Gasteiger partial charge in [-0.25, -0.2) is 9.67 Å². The number of pyridine rings is 1. The van der Waals surface area contributed by atoms with Crippen molar-refractivity contribution >= 4 is 28.7 Å². The monoisotopic (exact) mass is 441 g/mol. The molecule has 0 aliphatic carbocycles. The van der Waals surface area contributed by atoms with Gasteiger partial charge in [0, 0.05) is 48.6 Å². The Kier molecular flexibility index (Phi) is 5.45. The van der Waals surface area contributed by atoms with Gasteiger partial charge in [-0.1, -0.05) is 0 Å². The van der Waals surface area contributed by atoms with Crippen LogP contribution in [0, 0.1) is 13.8 Å². The van der Waals surface area contributed by atoms with E-state index in [1.807, 2.05) is 24.7 Å². The van der Waals surface area contributed by atoms with Crippen molar-refractivity contribution in [2.75, 3.05) is 44.9 Å². The summed E-state index contributed by atoms with van der Waals surface area (Å²) in [7, 11) is 1.69. The fraction of sp³-hybridized carbons (Fsp3) is 0.524. The van der Waals surface area contributed by atoms with Crippen LogP contribution in [0.25, 0.3) is 11.0 Å². The average molecular weight is 442 g/mol. The Morgan fingerprint density at radius 3 is 2.84 bits per heavy atom. The third-order valence-electron chi connectivity index (χ3n) is 6.10. The summed E-state index contributed by atoms with van der Waals surface area (Å²) >= 11 is 1.75. The number of ether oxygens (including phenoxy) is 2. The van der Waals surface area contributed by atoms with Crippen LogP contribution in [0.1, 0.15) is 22.5 Å². The number of thioether (sulfide) groups is 1. The molecule has 2 aliphatic rings. The summed E-state index contributed by atoms with van der Waals surface area (Å²) in [5.41, 5.74) is 10.8. The minimum atomic E-state index is 0.277. The second-order valence-corrected chi connectivity index (χ2v) is 9.06. The Hall–Kier alpha value is -2.43. The third kappa shape index (κ3) is 3.72. The van der Waals surface area contributed by atoms with Crippen molar-refractivity contribution in [3.05, 3.63) is 28.7 Å². The predicted octanol–water partition coefficient (Wildman–Crippen LogP) is 1.83. The molecule has 2 aliphatic heterocycles. The zero-order chi connectivity index (χ0) is 21.5. The van der Waals surface area contributed by atoms with E-state index in [9.17, 15) is 0 Å². The molecule has 0 amide bonds. The molecule has 5 rings (SSSR count). The van der Waals surface area contributed by atoms with Crippen molar-refractivity contribution < 1.29 is 9.47 Å². The number of methoxy groups -OCH3 is 1. The number of hydrogen-bond donors (Lipinski definition) is 1. The number of nitrogens with two attached hydrogens (primary N) is 1. The van der Waals surface area contributed by atoms with Gasteiger partial charge in [-0.2, -0.15) is 10.1 Å². The van der Waals surface area contributed by atoms with Crippen molar-refractivity contribution in [1.82, 2.24) is 29.6 Å². The number of nitrogens with zero attached hydrogens (tertiary/aromatic N) is 6. The summed E-state index contributed by atoms with van der Waals surface area (Å²) in [5.74, 6) is 2.09. The topological polar surface area (TPSA) is 104 Å². The Morgan fingerprint density at radius 2 is 2.06 bits per heavy atom. The molecule has 3 aromatic rings. The van der Waals surface area contributed by atoms with E-state index >= 15 is 0 Å². The number of morpholine rings is 1. The lowest BCUT2D eigenvalue weighted by atomic mass is 10.1. The molecule has 5 heterocycles. The van der Waals surface area contributed by atoms with Crippen LogP contribution in [0.2, 0.25) is 0 Å².